The molecule has 12 heavy (non-hydrogen) atoms. The Balaban J connectivity index is 2.60. The number of rotatable bonds is 0. The second kappa shape index (κ2) is 2.08. The van der Waals surface area contributed by atoms with E-state index in [0.29, 0.717) is 0 Å². The molecule has 0 saturated carbocycles. The van der Waals surface area contributed by atoms with E-state index >= 15 is 0 Å². The maximum Gasteiger partial charge on any atom is 0.0849 e. The summed E-state index contributed by atoms with van der Waals surface area (Å²) in [6.45, 7) is 9.06. The fourth-order valence-corrected chi connectivity index (χ4v) is 3.27. The molecule has 0 aromatic carbocycles. The molecule has 0 saturated heterocycles. The lowest BCUT2D eigenvalue weighted by molar-refractivity contribution is 0.399. The van der Waals surface area contributed by atoms with Crippen molar-refractivity contribution in [2.75, 3.05) is 0 Å². The van der Waals surface area contributed by atoms with Gasteiger partial charge in [0.05, 0.1) is 10.6 Å². The summed E-state index contributed by atoms with van der Waals surface area (Å²) in [5.74, 6) is 0. The van der Waals surface area contributed by atoms with E-state index < -0.39 is 0 Å². The summed E-state index contributed by atoms with van der Waals surface area (Å²) in [6.07, 6.45) is 1.19. The van der Waals surface area contributed by atoms with Crippen LogP contribution in [-0.2, 0) is 10.8 Å². The molecule has 0 atom stereocenters. The van der Waals surface area contributed by atoms with Crippen LogP contribution in [0.3, 0.4) is 0 Å². The van der Waals surface area contributed by atoms with Crippen molar-refractivity contribution in [3.05, 3.63) is 10.6 Å². The Labute approximate surface area is 77.2 Å². The summed E-state index contributed by atoms with van der Waals surface area (Å²) < 4.78 is 4.03. The van der Waals surface area contributed by atoms with Crippen molar-refractivity contribution in [1.29, 1.82) is 0 Å². The molecular formula is C9H14N2S. The maximum atomic E-state index is 4.21. The predicted octanol–water partition coefficient (Wildman–Crippen LogP) is 2.50. The zero-order chi connectivity index (χ0) is 8.98. The van der Waals surface area contributed by atoms with Gasteiger partial charge in [-0.25, -0.2) is 0 Å². The quantitative estimate of drug-likeness (QED) is 0.616. The Kier molecular flexibility index (Phi) is 1.41. The summed E-state index contributed by atoms with van der Waals surface area (Å²) in [6, 6.07) is 0. The van der Waals surface area contributed by atoms with E-state index in [2.05, 4.69) is 37.3 Å². The summed E-state index contributed by atoms with van der Waals surface area (Å²) in [5, 5.41) is 4.21. The Hall–Kier alpha value is -0.440. The fourth-order valence-electron chi connectivity index (χ4n) is 2.35. The molecule has 66 valence electrons. The van der Waals surface area contributed by atoms with Crippen molar-refractivity contribution in [3.63, 3.8) is 0 Å². The monoisotopic (exact) mass is 182 g/mol. The van der Waals surface area contributed by atoms with Crippen molar-refractivity contribution >= 4 is 11.5 Å². The number of fused-ring (bicyclic) bond motifs is 1. The highest BCUT2D eigenvalue weighted by atomic mass is 32.1. The third kappa shape index (κ3) is 0.922. The van der Waals surface area contributed by atoms with Gasteiger partial charge in [0.25, 0.3) is 0 Å². The zero-order valence-corrected chi connectivity index (χ0v) is 8.83. The molecule has 0 N–H and O–H groups in total. The molecular weight excluding hydrogens is 168 g/mol. The second-order valence-electron chi connectivity index (χ2n) is 4.90. The molecule has 0 unspecified atom stereocenters. The third-order valence-electron chi connectivity index (χ3n) is 2.63. The maximum absolute atomic E-state index is 4.21. The predicted molar refractivity (Wildman–Crippen MR) is 50.6 cm³/mol. The lowest BCUT2D eigenvalue weighted by atomic mass is 9.83. The van der Waals surface area contributed by atoms with Crippen LogP contribution in [0.4, 0.5) is 0 Å². The Morgan fingerprint density at radius 1 is 1.17 bits per heavy atom. The van der Waals surface area contributed by atoms with Gasteiger partial charge in [-0.15, -0.1) is 5.10 Å². The van der Waals surface area contributed by atoms with Crippen LogP contribution in [0.5, 0.6) is 0 Å². The molecule has 2 rings (SSSR count). The van der Waals surface area contributed by atoms with Crippen LogP contribution >= 0.6 is 11.5 Å². The highest BCUT2D eigenvalue weighted by Crippen LogP contribution is 2.49. The molecule has 0 spiro atoms. The average molecular weight is 182 g/mol. The van der Waals surface area contributed by atoms with Gasteiger partial charge in [-0.1, -0.05) is 32.2 Å². The third-order valence-corrected chi connectivity index (χ3v) is 3.72. The Morgan fingerprint density at radius 3 is 2.42 bits per heavy atom. The van der Waals surface area contributed by atoms with Gasteiger partial charge in [-0.05, 0) is 18.0 Å². The standard InChI is InChI=1S/C9H14N2S/c1-8(2)5-9(3,4)7-6(8)10-11-12-7/h5H2,1-4H3. The molecule has 1 aromatic heterocycles. The van der Waals surface area contributed by atoms with E-state index in [1.54, 1.807) is 11.5 Å². The number of hydrogen-bond donors (Lipinski definition) is 0. The summed E-state index contributed by atoms with van der Waals surface area (Å²) >= 11 is 1.56. The van der Waals surface area contributed by atoms with Crippen molar-refractivity contribution in [2.24, 2.45) is 0 Å². The van der Waals surface area contributed by atoms with Crippen LogP contribution in [0, 0.1) is 0 Å². The van der Waals surface area contributed by atoms with Crippen molar-refractivity contribution < 1.29 is 0 Å². The number of hydrogen-bond acceptors (Lipinski definition) is 3. The first-order valence-corrected chi connectivity index (χ1v) is 5.04. The fraction of sp³-hybridized carbons (Fsp3) is 0.778. The Bertz CT molecular complexity index is 284. The molecule has 0 fully saturated rings. The Morgan fingerprint density at radius 2 is 1.83 bits per heavy atom. The van der Waals surface area contributed by atoms with E-state index in [4.69, 9.17) is 0 Å². The molecule has 1 heterocycles. The molecule has 1 aliphatic rings. The summed E-state index contributed by atoms with van der Waals surface area (Å²) in [5.41, 5.74) is 1.73. The largest absolute Gasteiger partial charge is 0.142 e. The minimum Gasteiger partial charge on any atom is -0.142 e. The zero-order valence-electron chi connectivity index (χ0n) is 8.01. The van der Waals surface area contributed by atoms with Crippen LogP contribution in [0.2, 0.25) is 0 Å². The van der Waals surface area contributed by atoms with E-state index in [-0.39, 0.29) is 10.8 Å². The van der Waals surface area contributed by atoms with Crippen LogP contribution in [-0.4, -0.2) is 9.59 Å². The van der Waals surface area contributed by atoms with Gasteiger partial charge in [0.15, 0.2) is 0 Å². The van der Waals surface area contributed by atoms with Crippen molar-refractivity contribution in [3.8, 4) is 0 Å². The molecule has 0 amide bonds. The van der Waals surface area contributed by atoms with Gasteiger partial charge in [0.1, 0.15) is 0 Å². The molecule has 1 aliphatic carbocycles. The summed E-state index contributed by atoms with van der Waals surface area (Å²) in [4.78, 5) is 1.38. The van der Waals surface area contributed by atoms with Gasteiger partial charge in [-0.3, -0.25) is 0 Å². The lowest BCUT2D eigenvalue weighted by Gasteiger charge is -2.21. The highest BCUT2D eigenvalue weighted by molar-refractivity contribution is 7.05. The SMILES string of the molecule is CC1(C)CC(C)(C)c2snnc21. The first-order valence-electron chi connectivity index (χ1n) is 4.27. The number of nitrogens with zero attached hydrogens (tertiary/aromatic N) is 2. The highest BCUT2D eigenvalue weighted by Gasteiger charge is 2.45. The first kappa shape index (κ1) is 8.17. The molecule has 1 aromatic rings. The smallest absolute Gasteiger partial charge is 0.0849 e. The second-order valence-corrected chi connectivity index (χ2v) is 5.65. The van der Waals surface area contributed by atoms with E-state index in [1.807, 2.05) is 0 Å². The topological polar surface area (TPSA) is 25.8 Å². The molecule has 0 radical (unpaired) electrons. The van der Waals surface area contributed by atoms with Crippen molar-refractivity contribution in [2.45, 2.75) is 44.9 Å². The van der Waals surface area contributed by atoms with Crippen LogP contribution < -0.4 is 0 Å². The van der Waals surface area contributed by atoms with Crippen LogP contribution in [0.15, 0.2) is 0 Å². The van der Waals surface area contributed by atoms with E-state index in [1.165, 1.54) is 17.0 Å². The van der Waals surface area contributed by atoms with Gasteiger partial charge in [-0.2, -0.15) is 0 Å². The average Bonchev–Trinajstić information content (AvgIpc) is 2.34. The van der Waals surface area contributed by atoms with Gasteiger partial charge < -0.3 is 0 Å². The summed E-state index contributed by atoms with van der Waals surface area (Å²) in [7, 11) is 0. The van der Waals surface area contributed by atoms with Gasteiger partial charge in [0.2, 0.25) is 0 Å². The van der Waals surface area contributed by atoms with E-state index in [0.717, 1.165) is 0 Å². The lowest BCUT2D eigenvalue weighted by Crippen LogP contribution is -2.18. The molecule has 0 bridgehead atoms. The van der Waals surface area contributed by atoms with Gasteiger partial charge in [0, 0.05) is 10.8 Å². The van der Waals surface area contributed by atoms with Crippen LogP contribution in [0.25, 0.3) is 0 Å². The number of aromatic nitrogens is 2. The van der Waals surface area contributed by atoms with E-state index in [9.17, 15) is 0 Å². The van der Waals surface area contributed by atoms with Gasteiger partial charge >= 0.3 is 0 Å². The first-order chi connectivity index (χ1) is 5.43. The normalized spacial score (nSPS) is 24.0. The minimum absolute atomic E-state index is 0.228. The van der Waals surface area contributed by atoms with Crippen LogP contribution in [0.1, 0.15) is 44.7 Å². The van der Waals surface area contributed by atoms with Crippen molar-refractivity contribution in [1.82, 2.24) is 9.59 Å². The molecule has 3 heteroatoms. The minimum atomic E-state index is 0.228. The molecule has 0 aliphatic heterocycles. The molecule has 2 nitrogen and oxygen atoms in total.